The summed E-state index contributed by atoms with van der Waals surface area (Å²) >= 11 is 3.10. The van der Waals surface area contributed by atoms with E-state index >= 15 is 0 Å². The summed E-state index contributed by atoms with van der Waals surface area (Å²) in [5, 5.41) is 8.05. The molecule has 0 saturated carbocycles. The van der Waals surface area contributed by atoms with E-state index in [9.17, 15) is 0 Å². The van der Waals surface area contributed by atoms with Crippen molar-refractivity contribution in [1.29, 1.82) is 0 Å². The Morgan fingerprint density at radius 1 is 1.57 bits per heavy atom. The molecule has 4 N–H and O–H groups in total. The number of nitrogens with two attached hydrogens (primary N) is 1. The highest BCUT2D eigenvalue weighted by Gasteiger charge is 2.02. The van der Waals surface area contributed by atoms with Gasteiger partial charge in [0.05, 0.1) is 0 Å². The molecule has 0 aromatic carbocycles. The van der Waals surface area contributed by atoms with Gasteiger partial charge >= 0.3 is 0 Å². The molecule has 0 atom stereocenters. The van der Waals surface area contributed by atoms with Crippen molar-refractivity contribution in [2.45, 2.75) is 10.9 Å². The van der Waals surface area contributed by atoms with Gasteiger partial charge in [-0.2, -0.15) is 5.10 Å². The maximum atomic E-state index is 5.22. The van der Waals surface area contributed by atoms with Crippen LogP contribution in [-0.4, -0.2) is 20.2 Å². The summed E-state index contributed by atoms with van der Waals surface area (Å²) in [5.74, 6) is 6.03. The summed E-state index contributed by atoms with van der Waals surface area (Å²) in [6.07, 6.45) is 3.28. The van der Waals surface area contributed by atoms with Gasteiger partial charge in [0.1, 0.15) is 6.33 Å². The Morgan fingerprint density at radius 2 is 2.50 bits per heavy atom. The zero-order chi connectivity index (χ0) is 9.80. The lowest BCUT2D eigenvalue weighted by Gasteiger charge is -1.92. The van der Waals surface area contributed by atoms with E-state index in [1.165, 1.54) is 17.7 Å². The molecule has 0 unspecified atom stereocenters. The predicted molar refractivity (Wildman–Crippen MR) is 55.9 cm³/mol. The minimum Gasteiger partial charge on any atom is -0.300 e. The predicted octanol–water partition coefficient (Wildman–Crippen LogP) is 0.839. The molecule has 0 aliphatic carbocycles. The molecule has 2 aromatic heterocycles. The van der Waals surface area contributed by atoms with Gasteiger partial charge in [-0.05, 0) is 0 Å². The number of aromatic amines is 1. The van der Waals surface area contributed by atoms with Crippen molar-refractivity contribution in [3.63, 3.8) is 0 Å². The topological polar surface area (TPSA) is 92.5 Å². The van der Waals surface area contributed by atoms with Gasteiger partial charge in [0.2, 0.25) is 0 Å². The normalized spacial score (nSPS) is 10.4. The van der Waals surface area contributed by atoms with Crippen LogP contribution in [0.15, 0.2) is 17.7 Å². The summed E-state index contributed by atoms with van der Waals surface area (Å²) in [5.41, 5.74) is 2.50. The van der Waals surface area contributed by atoms with Crippen molar-refractivity contribution in [3.05, 3.63) is 17.4 Å². The van der Waals surface area contributed by atoms with Crippen molar-refractivity contribution in [3.8, 4) is 0 Å². The monoisotopic (exact) mass is 228 g/mol. The Balaban J connectivity index is 1.92. The fourth-order valence-electron chi connectivity index (χ4n) is 0.844. The van der Waals surface area contributed by atoms with Gasteiger partial charge in [0.15, 0.2) is 10.3 Å². The second-order valence-corrected chi connectivity index (χ2v) is 4.43. The highest BCUT2D eigenvalue weighted by atomic mass is 32.2. The smallest absolute Gasteiger partial charge is 0.197 e. The zero-order valence-electron chi connectivity index (χ0n) is 7.10. The number of thioether (sulfide) groups is 1. The van der Waals surface area contributed by atoms with Crippen LogP contribution < -0.4 is 11.3 Å². The molecule has 74 valence electrons. The first kappa shape index (κ1) is 9.44. The molecule has 2 rings (SSSR count). The van der Waals surface area contributed by atoms with E-state index in [0.717, 1.165) is 20.9 Å². The van der Waals surface area contributed by atoms with Crippen LogP contribution in [0.2, 0.25) is 0 Å². The Hall–Kier alpha value is -1.12. The third kappa shape index (κ3) is 2.22. The molecule has 0 radical (unpaired) electrons. The van der Waals surface area contributed by atoms with Crippen LogP contribution in [0.1, 0.15) is 4.88 Å². The molecule has 14 heavy (non-hydrogen) atoms. The molecular formula is C6H8N6S2. The second-order valence-electron chi connectivity index (χ2n) is 2.36. The first-order valence-corrected chi connectivity index (χ1v) is 5.58. The first-order valence-electron chi connectivity index (χ1n) is 3.78. The second kappa shape index (κ2) is 4.40. The fourth-order valence-corrected chi connectivity index (χ4v) is 2.37. The van der Waals surface area contributed by atoms with Crippen molar-refractivity contribution >= 4 is 28.2 Å². The van der Waals surface area contributed by atoms with Crippen molar-refractivity contribution in [1.82, 2.24) is 20.2 Å². The SMILES string of the molecule is NNc1ncc(CSc2ncn[nH]2)s1. The Bertz CT molecular complexity index is 383. The van der Waals surface area contributed by atoms with E-state index in [4.69, 9.17) is 5.84 Å². The van der Waals surface area contributed by atoms with Gasteiger partial charge in [-0.3, -0.25) is 10.5 Å². The summed E-state index contributed by atoms with van der Waals surface area (Å²) in [4.78, 5) is 9.19. The number of hydrazine groups is 1. The standard InChI is InChI=1S/C6H8N6S2/c7-11-5-8-1-4(14-5)2-13-6-9-3-10-12-6/h1,3H,2,7H2,(H,8,11)(H,9,10,12). The molecule has 0 aliphatic rings. The largest absolute Gasteiger partial charge is 0.300 e. The number of nitrogens with one attached hydrogen (secondary N) is 2. The van der Waals surface area contributed by atoms with Crippen LogP contribution in [0.25, 0.3) is 0 Å². The maximum absolute atomic E-state index is 5.22. The average Bonchev–Trinajstić information content (AvgIpc) is 2.86. The summed E-state index contributed by atoms with van der Waals surface area (Å²) in [6.45, 7) is 0. The van der Waals surface area contributed by atoms with E-state index in [2.05, 4.69) is 25.6 Å². The van der Waals surface area contributed by atoms with Crippen LogP contribution in [0, 0.1) is 0 Å². The quantitative estimate of drug-likeness (QED) is 0.408. The van der Waals surface area contributed by atoms with Crippen LogP contribution in [0.3, 0.4) is 0 Å². The lowest BCUT2D eigenvalue weighted by atomic mass is 10.6. The molecule has 8 heteroatoms. The van der Waals surface area contributed by atoms with Crippen LogP contribution in [-0.2, 0) is 5.75 Å². The van der Waals surface area contributed by atoms with Gasteiger partial charge in [-0.25, -0.2) is 15.8 Å². The van der Waals surface area contributed by atoms with Gasteiger partial charge < -0.3 is 0 Å². The molecule has 0 fully saturated rings. The van der Waals surface area contributed by atoms with Crippen LogP contribution >= 0.6 is 23.1 Å². The molecule has 2 heterocycles. The summed E-state index contributed by atoms with van der Waals surface area (Å²) < 4.78 is 0. The number of nitrogen functional groups attached to an aromatic ring is 1. The lowest BCUT2D eigenvalue weighted by Crippen LogP contribution is -2.05. The molecular weight excluding hydrogens is 220 g/mol. The van der Waals surface area contributed by atoms with E-state index in [-0.39, 0.29) is 0 Å². The van der Waals surface area contributed by atoms with E-state index < -0.39 is 0 Å². The Morgan fingerprint density at radius 3 is 3.14 bits per heavy atom. The molecule has 2 aromatic rings. The highest BCUT2D eigenvalue weighted by molar-refractivity contribution is 7.98. The lowest BCUT2D eigenvalue weighted by molar-refractivity contribution is 0.973. The maximum Gasteiger partial charge on any atom is 0.197 e. The molecule has 0 bridgehead atoms. The zero-order valence-corrected chi connectivity index (χ0v) is 8.73. The third-order valence-corrected chi connectivity index (χ3v) is 3.46. The number of H-pyrrole nitrogens is 1. The number of nitrogens with zero attached hydrogens (tertiary/aromatic N) is 3. The van der Waals surface area contributed by atoms with E-state index in [1.54, 1.807) is 18.0 Å². The summed E-state index contributed by atoms with van der Waals surface area (Å²) in [7, 11) is 0. The summed E-state index contributed by atoms with van der Waals surface area (Å²) in [6, 6.07) is 0. The van der Waals surface area contributed by atoms with Gasteiger partial charge in [0.25, 0.3) is 0 Å². The minimum atomic E-state index is 0.721. The van der Waals surface area contributed by atoms with Crippen LogP contribution in [0.4, 0.5) is 5.13 Å². The third-order valence-electron chi connectivity index (χ3n) is 1.42. The van der Waals surface area contributed by atoms with Gasteiger partial charge in [-0.15, -0.1) is 11.3 Å². The first-order chi connectivity index (χ1) is 6.88. The molecule has 0 aliphatic heterocycles. The van der Waals surface area contributed by atoms with Crippen molar-refractivity contribution in [2.75, 3.05) is 5.43 Å². The van der Waals surface area contributed by atoms with Crippen LogP contribution in [0.5, 0.6) is 0 Å². The van der Waals surface area contributed by atoms with E-state index in [0.29, 0.717) is 0 Å². The van der Waals surface area contributed by atoms with Gasteiger partial charge in [-0.1, -0.05) is 11.8 Å². The number of rotatable bonds is 4. The number of hydrogen-bond acceptors (Lipinski definition) is 7. The molecule has 0 saturated heterocycles. The van der Waals surface area contributed by atoms with Crippen molar-refractivity contribution < 1.29 is 0 Å². The average molecular weight is 228 g/mol. The number of aromatic nitrogens is 4. The molecule has 0 spiro atoms. The fraction of sp³-hybridized carbons (Fsp3) is 0.167. The van der Waals surface area contributed by atoms with E-state index in [1.807, 2.05) is 0 Å². The number of anilines is 1. The van der Waals surface area contributed by atoms with Gasteiger partial charge in [0, 0.05) is 16.8 Å². The Labute approximate surface area is 88.3 Å². The van der Waals surface area contributed by atoms with Crippen molar-refractivity contribution in [2.24, 2.45) is 5.84 Å². The Kier molecular flexibility index (Phi) is 2.96. The minimum absolute atomic E-state index is 0.721. The molecule has 6 nitrogen and oxygen atoms in total. The number of thiazole rings is 1. The number of hydrogen-bond donors (Lipinski definition) is 3. The molecule has 0 amide bonds. The highest BCUT2D eigenvalue weighted by Crippen LogP contribution is 2.24.